The fourth-order valence-electron chi connectivity index (χ4n) is 1.98. The topological polar surface area (TPSA) is 41.1 Å². The second kappa shape index (κ2) is 5.32. The molecule has 92 valence electrons. The predicted octanol–water partition coefficient (Wildman–Crippen LogP) is 2.18. The monoisotopic (exact) mass is 232 g/mol. The summed E-state index contributed by atoms with van der Waals surface area (Å²) in [6.45, 7) is 5.63. The number of anilines is 1. The van der Waals surface area contributed by atoms with Gasteiger partial charge in [-0.1, -0.05) is 19.1 Å². The number of rotatable bonds is 5. The first-order chi connectivity index (χ1) is 8.15. The predicted molar refractivity (Wildman–Crippen MR) is 69.9 cm³/mol. The molecule has 17 heavy (non-hydrogen) atoms. The zero-order valence-corrected chi connectivity index (χ0v) is 10.5. The lowest BCUT2D eigenvalue weighted by Crippen LogP contribution is -2.29. The van der Waals surface area contributed by atoms with Crippen molar-refractivity contribution < 1.29 is 4.79 Å². The highest BCUT2D eigenvalue weighted by Gasteiger charge is 2.31. The molecule has 0 saturated heterocycles. The first kappa shape index (κ1) is 12.1. The minimum absolute atomic E-state index is 0.0314. The van der Waals surface area contributed by atoms with E-state index in [0.717, 1.165) is 29.6 Å². The molecule has 1 fully saturated rings. The van der Waals surface area contributed by atoms with Crippen LogP contribution in [0.3, 0.4) is 0 Å². The van der Waals surface area contributed by atoms with Crippen LogP contribution in [0.25, 0.3) is 0 Å². The zero-order valence-electron chi connectivity index (χ0n) is 10.5. The lowest BCUT2D eigenvalue weighted by molar-refractivity contribution is -0.115. The summed E-state index contributed by atoms with van der Waals surface area (Å²) in [5.74, 6) is 1.65. The summed E-state index contributed by atoms with van der Waals surface area (Å²) in [6.07, 6.45) is 1.30. The molecule has 1 aliphatic carbocycles. The molecule has 2 unspecified atom stereocenters. The minimum atomic E-state index is 0.0314. The van der Waals surface area contributed by atoms with E-state index in [1.54, 1.807) is 0 Å². The van der Waals surface area contributed by atoms with Gasteiger partial charge in [0.15, 0.2) is 0 Å². The van der Waals surface area contributed by atoms with Crippen molar-refractivity contribution in [2.75, 3.05) is 18.4 Å². The molecule has 0 bridgehead atoms. The van der Waals surface area contributed by atoms with E-state index in [1.807, 2.05) is 31.2 Å². The van der Waals surface area contributed by atoms with Crippen molar-refractivity contribution in [1.82, 2.24) is 5.32 Å². The van der Waals surface area contributed by atoms with Crippen LogP contribution in [-0.2, 0) is 4.79 Å². The quantitative estimate of drug-likeness (QED) is 0.817. The Bertz CT molecular complexity index is 403. The maximum atomic E-state index is 11.6. The first-order valence-electron chi connectivity index (χ1n) is 6.22. The lowest BCUT2D eigenvalue weighted by Gasteiger charge is -2.07. The van der Waals surface area contributed by atoms with Crippen molar-refractivity contribution >= 4 is 11.6 Å². The third-order valence-corrected chi connectivity index (χ3v) is 3.27. The van der Waals surface area contributed by atoms with Gasteiger partial charge in [0.05, 0.1) is 6.54 Å². The Hall–Kier alpha value is -1.35. The fraction of sp³-hybridized carbons (Fsp3) is 0.500. The molecule has 0 spiro atoms. The second-order valence-electron chi connectivity index (χ2n) is 5.02. The molecule has 0 radical (unpaired) electrons. The molecule has 2 rings (SSSR count). The Labute approximate surface area is 103 Å². The summed E-state index contributed by atoms with van der Waals surface area (Å²) >= 11 is 0. The molecule has 0 heterocycles. The van der Waals surface area contributed by atoms with Crippen LogP contribution < -0.4 is 10.6 Å². The summed E-state index contributed by atoms with van der Waals surface area (Å²) < 4.78 is 0. The number of aryl methyl sites for hydroxylation is 1. The highest BCUT2D eigenvalue weighted by Crippen LogP contribution is 2.36. The van der Waals surface area contributed by atoms with Crippen LogP contribution in [-0.4, -0.2) is 19.0 Å². The molecule has 1 amide bonds. The van der Waals surface area contributed by atoms with Crippen LogP contribution in [0.4, 0.5) is 5.69 Å². The molecule has 2 N–H and O–H groups in total. The van der Waals surface area contributed by atoms with Gasteiger partial charge in [0.25, 0.3) is 0 Å². The van der Waals surface area contributed by atoms with E-state index in [1.165, 1.54) is 6.42 Å². The Morgan fingerprint density at radius 3 is 2.88 bits per heavy atom. The number of amides is 1. The van der Waals surface area contributed by atoms with Crippen molar-refractivity contribution in [3.8, 4) is 0 Å². The van der Waals surface area contributed by atoms with E-state index in [4.69, 9.17) is 0 Å². The third kappa shape index (κ3) is 3.86. The van der Waals surface area contributed by atoms with Gasteiger partial charge in [-0.2, -0.15) is 0 Å². The highest BCUT2D eigenvalue weighted by atomic mass is 16.1. The molecule has 1 aliphatic rings. The zero-order chi connectivity index (χ0) is 12.3. The van der Waals surface area contributed by atoms with E-state index in [-0.39, 0.29) is 5.91 Å². The van der Waals surface area contributed by atoms with E-state index >= 15 is 0 Å². The van der Waals surface area contributed by atoms with E-state index in [0.29, 0.717) is 6.54 Å². The molecule has 0 aliphatic heterocycles. The van der Waals surface area contributed by atoms with Crippen LogP contribution in [0.1, 0.15) is 18.9 Å². The number of nitrogens with one attached hydrogen (secondary N) is 2. The van der Waals surface area contributed by atoms with Gasteiger partial charge in [-0.3, -0.25) is 4.79 Å². The van der Waals surface area contributed by atoms with Crippen LogP contribution in [0.2, 0.25) is 0 Å². The van der Waals surface area contributed by atoms with Gasteiger partial charge in [0, 0.05) is 5.69 Å². The molecular formula is C14H20N2O. The van der Waals surface area contributed by atoms with Gasteiger partial charge in [-0.05, 0) is 49.4 Å². The van der Waals surface area contributed by atoms with Crippen LogP contribution in [0.15, 0.2) is 24.3 Å². The normalized spacial score (nSPS) is 22.2. The molecule has 3 heteroatoms. The van der Waals surface area contributed by atoms with Crippen molar-refractivity contribution in [1.29, 1.82) is 0 Å². The molecular weight excluding hydrogens is 212 g/mol. The third-order valence-electron chi connectivity index (χ3n) is 3.27. The number of hydrogen-bond donors (Lipinski definition) is 2. The minimum Gasteiger partial charge on any atom is -0.325 e. The molecule has 1 saturated carbocycles. The average Bonchev–Trinajstić information content (AvgIpc) is 2.94. The van der Waals surface area contributed by atoms with E-state index in [9.17, 15) is 4.79 Å². The number of hydrogen-bond acceptors (Lipinski definition) is 2. The Balaban J connectivity index is 1.69. The summed E-state index contributed by atoms with van der Waals surface area (Å²) in [5.41, 5.74) is 2.03. The molecule has 3 nitrogen and oxygen atoms in total. The van der Waals surface area contributed by atoms with Gasteiger partial charge in [0.1, 0.15) is 0 Å². The number of carbonyl (C=O) groups is 1. The molecule has 1 aromatic carbocycles. The standard InChI is InChI=1S/C14H20N2O/c1-10-4-3-5-13(6-10)16-14(17)9-15-8-12-7-11(12)2/h3-6,11-12,15H,7-9H2,1-2H3,(H,16,17). The smallest absolute Gasteiger partial charge is 0.238 e. The maximum Gasteiger partial charge on any atom is 0.238 e. The molecule has 1 aromatic rings. The van der Waals surface area contributed by atoms with Crippen LogP contribution in [0, 0.1) is 18.8 Å². The van der Waals surface area contributed by atoms with Gasteiger partial charge in [-0.25, -0.2) is 0 Å². The van der Waals surface area contributed by atoms with Gasteiger partial charge in [-0.15, -0.1) is 0 Å². The second-order valence-corrected chi connectivity index (χ2v) is 5.02. The van der Waals surface area contributed by atoms with Crippen molar-refractivity contribution in [2.24, 2.45) is 11.8 Å². The SMILES string of the molecule is Cc1cccc(NC(=O)CNCC2CC2C)c1. The summed E-state index contributed by atoms with van der Waals surface area (Å²) in [6, 6.07) is 7.85. The van der Waals surface area contributed by atoms with E-state index < -0.39 is 0 Å². The van der Waals surface area contributed by atoms with Gasteiger partial charge < -0.3 is 10.6 Å². The molecule has 0 aromatic heterocycles. The largest absolute Gasteiger partial charge is 0.325 e. The first-order valence-corrected chi connectivity index (χ1v) is 6.22. The Kier molecular flexibility index (Phi) is 3.79. The van der Waals surface area contributed by atoms with Crippen molar-refractivity contribution in [2.45, 2.75) is 20.3 Å². The van der Waals surface area contributed by atoms with Crippen molar-refractivity contribution in [3.63, 3.8) is 0 Å². The van der Waals surface area contributed by atoms with Gasteiger partial charge in [0.2, 0.25) is 5.91 Å². The number of carbonyl (C=O) groups excluding carboxylic acids is 1. The highest BCUT2D eigenvalue weighted by molar-refractivity contribution is 5.92. The summed E-state index contributed by atoms with van der Waals surface area (Å²) in [5, 5.41) is 6.09. The summed E-state index contributed by atoms with van der Waals surface area (Å²) in [7, 11) is 0. The lowest BCUT2D eigenvalue weighted by atomic mass is 10.2. The average molecular weight is 232 g/mol. The van der Waals surface area contributed by atoms with Crippen LogP contribution in [0.5, 0.6) is 0 Å². The maximum absolute atomic E-state index is 11.6. The number of benzene rings is 1. The van der Waals surface area contributed by atoms with E-state index in [2.05, 4.69) is 17.6 Å². The Morgan fingerprint density at radius 2 is 2.24 bits per heavy atom. The van der Waals surface area contributed by atoms with Crippen LogP contribution >= 0.6 is 0 Å². The van der Waals surface area contributed by atoms with Crippen molar-refractivity contribution in [3.05, 3.63) is 29.8 Å². The fourth-order valence-corrected chi connectivity index (χ4v) is 1.98. The summed E-state index contributed by atoms with van der Waals surface area (Å²) in [4.78, 5) is 11.6. The van der Waals surface area contributed by atoms with Gasteiger partial charge >= 0.3 is 0 Å². The molecule has 2 atom stereocenters. The Morgan fingerprint density at radius 1 is 1.47 bits per heavy atom.